The quantitative estimate of drug-likeness (QED) is 0.821. The monoisotopic (exact) mass is 236 g/mol. The predicted molar refractivity (Wildman–Crippen MR) is 68.1 cm³/mol. The summed E-state index contributed by atoms with van der Waals surface area (Å²) in [6.45, 7) is 2.06. The first-order valence-corrected chi connectivity index (χ1v) is 5.81. The normalized spacial score (nSPS) is 10.1. The number of carbonyl (C=O) groups excluding carboxylic acids is 1. The van der Waals surface area contributed by atoms with Crippen LogP contribution in [0.15, 0.2) is 6.07 Å². The van der Waals surface area contributed by atoms with E-state index < -0.39 is 0 Å². The number of aromatic nitrogens is 2. The summed E-state index contributed by atoms with van der Waals surface area (Å²) in [6.07, 6.45) is 1.88. The van der Waals surface area contributed by atoms with Crippen LogP contribution in [0.25, 0.3) is 0 Å². The van der Waals surface area contributed by atoms with Crippen LogP contribution in [-0.2, 0) is 17.6 Å². The van der Waals surface area contributed by atoms with Gasteiger partial charge in [0.2, 0.25) is 5.91 Å². The average Bonchev–Trinajstić information content (AvgIpc) is 2.35. The molecule has 0 aromatic carbocycles. The minimum absolute atomic E-state index is 0.0157. The van der Waals surface area contributed by atoms with Crippen molar-refractivity contribution < 1.29 is 4.79 Å². The molecule has 0 saturated heterocycles. The summed E-state index contributed by atoms with van der Waals surface area (Å²) in [5.41, 5.74) is 1.01. The van der Waals surface area contributed by atoms with Gasteiger partial charge in [-0.25, -0.2) is 9.97 Å². The molecule has 0 spiro atoms. The number of nitrogens with zero attached hydrogens (tertiary/aromatic N) is 3. The minimum Gasteiger partial charge on any atom is -0.363 e. The molecule has 1 aromatic heterocycles. The van der Waals surface area contributed by atoms with Gasteiger partial charge >= 0.3 is 0 Å². The van der Waals surface area contributed by atoms with E-state index in [9.17, 15) is 4.79 Å². The van der Waals surface area contributed by atoms with E-state index >= 15 is 0 Å². The summed E-state index contributed by atoms with van der Waals surface area (Å²) in [5, 5.41) is 2.60. The highest BCUT2D eigenvalue weighted by molar-refractivity contribution is 5.75. The number of nitrogens with one attached hydrogen (secondary N) is 1. The molecule has 5 heteroatoms. The molecule has 5 nitrogen and oxygen atoms in total. The molecule has 0 atom stereocenters. The Labute approximate surface area is 102 Å². The van der Waals surface area contributed by atoms with E-state index in [4.69, 9.17) is 0 Å². The Morgan fingerprint density at radius 3 is 2.65 bits per heavy atom. The lowest BCUT2D eigenvalue weighted by molar-refractivity contribution is -0.120. The molecule has 1 amide bonds. The van der Waals surface area contributed by atoms with Gasteiger partial charge in [0.15, 0.2) is 0 Å². The van der Waals surface area contributed by atoms with Crippen LogP contribution in [0.4, 0.5) is 5.82 Å². The summed E-state index contributed by atoms with van der Waals surface area (Å²) in [4.78, 5) is 22.0. The van der Waals surface area contributed by atoms with Crippen LogP contribution in [0.2, 0.25) is 0 Å². The lowest BCUT2D eigenvalue weighted by atomic mass is 10.2. The Bertz CT molecular complexity index is 390. The van der Waals surface area contributed by atoms with Gasteiger partial charge in [-0.05, 0) is 6.42 Å². The second-order valence-corrected chi connectivity index (χ2v) is 4.05. The molecule has 1 aromatic rings. The number of anilines is 1. The van der Waals surface area contributed by atoms with Crippen LogP contribution < -0.4 is 10.2 Å². The maximum Gasteiger partial charge on any atom is 0.220 e. The number of amides is 1. The average molecular weight is 236 g/mol. The molecular weight excluding hydrogens is 216 g/mol. The summed E-state index contributed by atoms with van der Waals surface area (Å²) in [7, 11) is 5.53. The zero-order valence-corrected chi connectivity index (χ0v) is 10.9. The molecular formula is C12H20N4O. The number of hydrogen-bond donors (Lipinski definition) is 1. The second kappa shape index (κ2) is 6.18. The van der Waals surface area contributed by atoms with Gasteiger partial charge in [-0.15, -0.1) is 0 Å². The smallest absolute Gasteiger partial charge is 0.220 e. The topological polar surface area (TPSA) is 58.1 Å². The van der Waals surface area contributed by atoms with E-state index in [-0.39, 0.29) is 5.91 Å². The first-order valence-electron chi connectivity index (χ1n) is 5.81. The largest absolute Gasteiger partial charge is 0.363 e. The number of rotatable bonds is 5. The lowest BCUT2D eigenvalue weighted by Gasteiger charge is -2.13. The maximum absolute atomic E-state index is 11.2. The molecule has 0 bridgehead atoms. The maximum atomic E-state index is 11.2. The Kier molecular flexibility index (Phi) is 4.87. The van der Waals surface area contributed by atoms with Crippen LogP contribution in [-0.4, -0.2) is 37.0 Å². The summed E-state index contributed by atoms with van der Waals surface area (Å²) in [6, 6.07) is 1.98. The first kappa shape index (κ1) is 13.4. The van der Waals surface area contributed by atoms with Crippen LogP contribution in [0, 0.1) is 0 Å². The third-order valence-corrected chi connectivity index (χ3v) is 2.49. The molecule has 0 aliphatic carbocycles. The van der Waals surface area contributed by atoms with Gasteiger partial charge in [-0.3, -0.25) is 4.79 Å². The Morgan fingerprint density at radius 1 is 1.41 bits per heavy atom. The zero-order chi connectivity index (χ0) is 12.8. The van der Waals surface area contributed by atoms with Crippen molar-refractivity contribution in [2.75, 3.05) is 26.0 Å². The number of carbonyl (C=O) groups is 1. The van der Waals surface area contributed by atoms with Crippen LogP contribution in [0.1, 0.15) is 24.9 Å². The Morgan fingerprint density at radius 2 is 2.12 bits per heavy atom. The molecule has 94 valence electrons. The van der Waals surface area contributed by atoms with Crippen LogP contribution in [0.5, 0.6) is 0 Å². The van der Waals surface area contributed by atoms with E-state index in [1.807, 2.05) is 25.1 Å². The van der Waals surface area contributed by atoms with E-state index in [1.54, 1.807) is 7.05 Å². The highest BCUT2D eigenvalue weighted by atomic mass is 16.1. The molecule has 0 aliphatic rings. The third kappa shape index (κ3) is 4.01. The van der Waals surface area contributed by atoms with E-state index in [2.05, 4.69) is 22.2 Å². The third-order valence-electron chi connectivity index (χ3n) is 2.49. The van der Waals surface area contributed by atoms with Crippen molar-refractivity contribution in [1.29, 1.82) is 0 Å². The lowest BCUT2D eigenvalue weighted by Crippen LogP contribution is -2.19. The van der Waals surface area contributed by atoms with Gasteiger partial charge in [0.1, 0.15) is 11.6 Å². The van der Waals surface area contributed by atoms with Gasteiger partial charge in [0.25, 0.3) is 0 Å². The highest BCUT2D eigenvalue weighted by Crippen LogP contribution is 2.11. The summed E-state index contributed by atoms with van der Waals surface area (Å²) >= 11 is 0. The molecule has 17 heavy (non-hydrogen) atoms. The molecule has 0 aliphatic heterocycles. The van der Waals surface area contributed by atoms with Crippen molar-refractivity contribution in [3.8, 4) is 0 Å². The molecule has 0 fully saturated rings. The van der Waals surface area contributed by atoms with Gasteiger partial charge in [0.05, 0.1) is 0 Å². The fraction of sp³-hybridized carbons (Fsp3) is 0.583. The molecule has 1 N–H and O–H groups in total. The molecule has 0 radical (unpaired) electrons. The molecule has 1 heterocycles. The predicted octanol–water partition coefficient (Wildman–Crippen LogP) is 0.784. The van der Waals surface area contributed by atoms with Crippen molar-refractivity contribution in [2.24, 2.45) is 0 Å². The first-order chi connectivity index (χ1) is 8.06. The number of hydrogen-bond acceptors (Lipinski definition) is 4. The van der Waals surface area contributed by atoms with Crippen molar-refractivity contribution in [3.05, 3.63) is 17.6 Å². The molecule has 1 rings (SSSR count). The van der Waals surface area contributed by atoms with Crippen molar-refractivity contribution >= 4 is 11.7 Å². The highest BCUT2D eigenvalue weighted by Gasteiger charge is 2.07. The van der Waals surface area contributed by atoms with Crippen molar-refractivity contribution in [3.63, 3.8) is 0 Å². The van der Waals surface area contributed by atoms with E-state index in [0.29, 0.717) is 12.8 Å². The van der Waals surface area contributed by atoms with Gasteiger partial charge in [0, 0.05) is 45.7 Å². The van der Waals surface area contributed by atoms with Crippen LogP contribution >= 0.6 is 0 Å². The summed E-state index contributed by atoms with van der Waals surface area (Å²) in [5.74, 6) is 1.64. The fourth-order valence-corrected chi connectivity index (χ4v) is 1.41. The van der Waals surface area contributed by atoms with Gasteiger partial charge in [-0.2, -0.15) is 0 Å². The van der Waals surface area contributed by atoms with Gasteiger partial charge < -0.3 is 10.2 Å². The fourth-order valence-electron chi connectivity index (χ4n) is 1.41. The summed E-state index contributed by atoms with van der Waals surface area (Å²) < 4.78 is 0. The second-order valence-electron chi connectivity index (χ2n) is 4.05. The van der Waals surface area contributed by atoms with E-state index in [0.717, 1.165) is 23.8 Å². The molecule has 0 saturated carbocycles. The van der Waals surface area contributed by atoms with Crippen molar-refractivity contribution in [1.82, 2.24) is 15.3 Å². The SMILES string of the molecule is CCc1cc(N(C)C)nc(CCC(=O)NC)n1. The van der Waals surface area contributed by atoms with Crippen LogP contribution in [0.3, 0.4) is 0 Å². The van der Waals surface area contributed by atoms with Crippen molar-refractivity contribution in [2.45, 2.75) is 26.2 Å². The number of aryl methyl sites for hydroxylation is 2. The standard InChI is InChI=1S/C12H20N4O/c1-5-9-8-11(16(3)4)15-10(14-9)6-7-12(17)13-2/h8H,5-7H2,1-4H3,(H,13,17). The minimum atomic E-state index is 0.0157. The van der Waals surface area contributed by atoms with Gasteiger partial charge in [-0.1, -0.05) is 6.92 Å². The Balaban J connectivity index is 2.83. The molecule has 0 unspecified atom stereocenters. The van der Waals surface area contributed by atoms with E-state index in [1.165, 1.54) is 0 Å². The zero-order valence-electron chi connectivity index (χ0n) is 10.9. The Hall–Kier alpha value is -1.65.